The molecule has 0 spiro atoms. The van der Waals surface area contributed by atoms with Crippen LogP contribution in [0, 0.1) is 17.8 Å². The Kier molecular flexibility index (Phi) is 3.24. The number of benzene rings is 1. The molecule has 3 rings (SSSR count). The van der Waals surface area contributed by atoms with E-state index < -0.39 is 0 Å². The largest absolute Gasteiger partial charge is 0.497 e. The number of ether oxygens (including phenoxy) is 1. The molecule has 20 heavy (non-hydrogen) atoms. The molecule has 1 aromatic rings. The fraction of sp³-hybridized carbons (Fsp3) is 0.500. The Balaban J connectivity index is 1.89. The Morgan fingerprint density at radius 1 is 1.05 bits per heavy atom. The number of rotatable bonds is 2. The monoisotopic (exact) mass is 273 g/mol. The second kappa shape index (κ2) is 4.93. The summed E-state index contributed by atoms with van der Waals surface area (Å²) in [7, 11) is 1.59. The van der Waals surface area contributed by atoms with Gasteiger partial charge in [0.05, 0.1) is 24.6 Å². The highest BCUT2D eigenvalue weighted by Crippen LogP contribution is 2.42. The topological polar surface area (TPSA) is 46.6 Å². The maximum atomic E-state index is 12.5. The van der Waals surface area contributed by atoms with E-state index in [9.17, 15) is 9.59 Å². The molecule has 2 fully saturated rings. The van der Waals surface area contributed by atoms with Gasteiger partial charge in [0, 0.05) is 0 Å². The van der Waals surface area contributed by atoms with Gasteiger partial charge in [-0.2, -0.15) is 0 Å². The van der Waals surface area contributed by atoms with Gasteiger partial charge in [0.25, 0.3) is 0 Å². The molecule has 2 aliphatic rings. The first-order valence-corrected chi connectivity index (χ1v) is 7.13. The summed E-state index contributed by atoms with van der Waals surface area (Å²) in [6, 6.07) is 7.10. The summed E-state index contributed by atoms with van der Waals surface area (Å²) >= 11 is 0. The fourth-order valence-electron chi connectivity index (χ4n) is 3.38. The molecule has 1 aromatic carbocycles. The maximum absolute atomic E-state index is 12.5. The molecule has 4 heteroatoms. The molecule has 3 atom stereocenters. The minimum atomic E-state index is -0.117. The zero-order valence-electron chi connectivity index (χ0n) is 11.8. The van der Waals surface area contributed by atoms with E-state index in [4.69, 9.17) is 4.74 Å². The van der Waals surface area contributed by atoms with Crippen LogP contribution in [0.5, 0.6) is 5.75 Å². The van der Waals surface area contributed by atoms with Crippen LogP contribution in [0.25, 0.3) is 0 Å². The Hall–Kier alpha value is -1.84. The normalized spacial score (nSPS) is 29.5. The summed E-state index contributed by atoms with van der Waals surface area (Å²) in [5, 5.41) is 0. The second-order valence-corrected chi connectivity index (χ2v) is 5.84. The number of imide groups is 1. The first-order valence-electron chi connectivity index (χ1n) is 7.13. The summed E-state index contributed by atoms with van der Waals surface area (Å²) in [5.41, 5.74) is 0.655. The molecule has 2 amide bonds. The van der Waals surface area contributed by atoms with Crippen molar-refractivity contribution in [1.29, 1.82) is 0 Å². The van der Waals surface area contributed by atoms with E-state index in [2.05, 4.69) is 6.92 Å². The van der Waals surface area contributed by atoms with Crippen molar-refractivity contribution in [2.24, 2.45) is 17.8 Å². The molecule has 0 aromatic heterocycles. The highest BCUT2D eigenvalue weighted by molar-refractivity contribution is 6.22. The van der Waals surface area contributed by atoms with E-state index in [1.807, 2.05) is 0 Å². The van der Waals surface area contributed by atoms with Crippen molar-refractivity contribution >= 4 is 17.5 Å². The van der Waals surface area contributed by atoms with Gasteiger partial charge in [-0.15, -0.1) is 0 Å². The van der Waals surface area contributed by atoms with E-state index >= 15 is 0 Å². The van der Waals surface area contributed by atoms with Crippen molar-refractivity contribution < 1.29 is 14.3 Å². The number of carbonyl (C=O) groups excluding carboxylic acids is 2. The van der Waals surface area contributed by atoms with Crippen molar-refractivity contribution in [2.75, 3.05) is 12.0 Å². The molecule has 0 radical (unpaired) electrons. The van der Waals surface area contributed by atoms with Crippen LogP contribution in [0.3, 0.4) is 0 Å². The van der Waals surface area contributed by atoms with E-state index in [-0.39, 0.29) is 23.7 Å². The van der Waals surface area contributed by atoms with Crippen molar-refractivity contribution in [3.05, 3.63) is 24.3 Å². The van der Waals surface area contributed by atoms with Crippen molar-refractivity contribution in [2.45, 2.75) is 26.2 Å². The lowest BCUT2D eigenvalue weighted by Crippen LogP contribution is -2.30. The number of nitrogens with zero attached hydrogens (tertiary/aromatic N) is 1. The maximum Gasteiger partial charge on any atom is 0.237 e. The molecule has 0 bridgehead atoms. The zero-order valence-corrected chi connectivity index (χ0v) is 11.8. The van der Waals surface area contributed by atoms with E-state index in [1.165, 1.54) is 4.90 Å². The Labute approximate surface area is 118 Å². The number of amides is 2. The van der Waals surface area contributed by atoms with Gasteiger partial charge in [-0.25, -0.2) is 0 Å². The van der Waals surface area contributed by atoms with Gasteiger partial charge < -0.3 is 4.74 Å². The summed E-state index contributed by atoms with van der Waals surface area (Å²) in [5.74, 6) is 0.964. The quantitative estimate of drug-likeness (QED) is 0.778. The first-order chi connectivity index (χ1) is 9.61. The number of carbonyl (C=O) groups is 2. The highest BCUT2D eigenvalue weighted by Gasteiger charge is 2.49. The molecule has 1 saturated heterocycles. The zero-order chi connectivity index (χ0) is 14.3. The number of anilines is 1. The minimum Gasteiger partial charge on any atom is -0.497 e. The molecule has 106 valence electrons. The number of methoxy groups -OCH3 is 1. The van der Waals surface area contributed by atoms with Crippen LogP contribution in [0.4, 0.5) is 5.69 Å². The molecule has 1 aliphatic carbocycles. The molecular weight excluding hydrogens is 254 g/mol. The average molecular weight is 273 g/mol. The third kappa shape index (κ3) is 1.99. The lowest BCUT2D eigenvalue weighted by Gasteiger charge is -2.25. The molecule has 1 saturated carbocycles. The lowest BCUT2D eigenvalue weighted by molar-refractivity contribution is -0.122. The van der Waals surface area contributed by atoms with Gasteiger partial charge in [-0.1, -0.05) is 6.92 Å². The predicted molar refractivity (Wildman–Crippen MR) is 75.5 cm³/mol. The molecule has 4 nitrogen and oxygen atoms in total. The second-order valence-electron chi connectivity index (χ2n) is 5.84. The predicted octanol–water partition coefficient (Wildman–Crippen LogP) is 2.62. The van der Waals surface area contributed by atoms with Crippen LogP contribution in [0.15, 0.2) is 24.3 Å². The molecule has 0 N–H and O–H groups in total. The van der Waals surface area contributed by atoms with Crippen LogP contribution in [-0.4, -0.2) is 18.9 Å². The SMILES string of the molecule is COc1ccc(N2C(=O)[C@@H]3CC[C@@H](C)C[C@H]3C2=O)cc1. The van der Waals surface area contributed by atoms with E-state index in [1.54, 1.807) is 31.4 Å². The van der Waals surface area contributed by atoms with Crippen LogP contribution >= 0.6 is 0 Å². The van der Waals surface area contributed by atoms with E-state index in [0.717, 1.165) is 25.0 Å². The van der Waals surface area contributed by atoms with Gasteiger partial charge in [0.15, 0.2) is 0 Å². The first kappa shape index (κ1) is 13.2. The van der Waals surface area contributed by atoms with Gasteiger partial charge in [-0.3, -0.25) is 14.5 Å². The van der Waals surface area contributed by atoms with Gasteiger partial charge in [0.2, 0.25) is 11.8 Å². The van der Waals surface area contributed by atoms with Crippen molar-refractivity contribution in [1.82, 2.24) is 0 Å². The number of hydrogen-bond donors (Lipinski definition) is 0. The van der Waals surface area contributed by atoms with Crippen molar-refractivity contribution in [3.63, 3.8) is 0 Å². The third-order valence-corrected chi connectivity index (χ3v) is 4.52. The fourth-order valence-corrected chi connectivity index (χ4v) is 3.38. The van der Waals surface area contributed by atoms with Crippen LogP contribution in [0.2, 0.25) is 0 Å². The Morgan fingerprint density at radius 2 is 1.70 bits per heavy atom. The van der Waals surface area contributed by atoms with Gasteiger partial charge in [0.1, 0.15) is 5.75 Å². The molecule has 0 unspecified atom stereocenters. The Bertz CT molecular complexity index is 537. The Morgan fingerprint density at radius 3 is 2.35 bits per heavy atom. The molecular formula is C16H19NO3. The summed E-state index contributed by atoms with van der Waals surface area (Å²) < 4.78 is 5.11. The average Bonchev–Trinajstić information content (AvgIpc) is 2.71. The van der Waals surface area contributed by atoms with Crippen LogP contribution in [-0.2, 0) is 9.59 Å². The van der Waals surface area contributed by atoms with E-state index in [0.29, 0.717) is 11.6 Å². The van der Waals surface area contributed by atoms with Crippen molar-refractivity contribution in [3.8, 4) is 5.75 Å². The molecule has 1 aliphatic heterocycles. The number of hydrogen-bond acceptors (Lipinski definition) is 3. The van der Waals surface area contributed by atoms with Crippen LogP contribution < -0.4 is 9.64 Å². The van der Waals surface area contributed by atoms with Crippen LogP contribution in [0.1, 0.15) is 26.2 Å². The highest BCUT2D eigenvalue weighted by atomic mass is 16.5. The third-order valence-electron chi connectivity index (χ3n) is 4.52. The standard InChI is InChI=1S/C16H19NO3/c1-10-3-8-13-14(9-10)16(19)17(15(13)18)11-4-6-12(20-2)7-5-11/h4-7,10,13-14H,3,8-9H2,1-2H3/t10-,13-,14-/m1/s1. The molecule has 1 heterocycles. The summed E-state index contributed by atoms with van der Waals surface area (Å²) in [6.07, 6.45) is 2.71. The minimum absolute atomic E-state index is 0.0305. The van der Waals surface area contributed by atoms with Gasteiger partial charge in [-0.05, 0) is 49.4 Å². The van der Waals surface area contributed by atoms with Gasteiger partial charge >= 0.3 is 0 Å². The smallest absolute Gasteiger partial charge is 0.237 e. The lowest BCUT2D eigenvalue weighted by atomic mass is 9.76. The number of fused-ring (bicyclic) bond motifs is 1. The summed E-state index contributed by atoms with van der Waals surface area (Å²) in [6.45, 7) is 2.16. The summed E-state index contributed by atoms with van der Waals surface area (Å²) in [4.78, 5) is 26.4.